The van der Waals surface area contributed by atoms with Crippen molar-refractivity contribution >= 4 is 43.7 Å². The molecule has 3 heterocycles. The molecule has 0 unspecified atom stereocenters. The summed E-state index contributed by atoms with van der Waals surface area (Å²) >= 11 is 0. The van der Waals surface area contributed by atoms with Gasteiger partial charge in [0.25, 0.3) is 0 Å². The number of nitrogens with zero attached hydrogens (tertiary/aromatic N) is 5. The topological polar surface area (TPSA) is 80.5 Å². The van der Waals surface area contributed by atoms with Gasteiger partial charge in [-0.3, -0.25) is 0 Å². The van der Waals surface area contributed by atoms with Crippen LogP contribution in [0, 0.1) is 11.3 Å². The van der Waals surface area contributed by atoms with E-state index < -0.39 is 0 Å². The molecule has 0 amide bonds. The monoisotopic (exact) mass is 741 g/mol. The largest absolute Gasteiger partial charge is 0.456 e. The van der Waals surface area contributed by atoms with Crippen molar-refractivity contribution < 1.29 is 4.42 Å². The third kappa shape index (κ3) is 5.53. The first-order valence-corrected chi connectivity index (χ1v) is 19.2. The van der Waals surface area contributed by atoms with E-state index in [0.717, 1.165) is 88.4 Å². The Bertz CT molecular complexity index is 3340. The number of hydrogen-bond donors (Lipinski definition) is 0. The zero-order valence-electron chi connectivity index (χ0n) is 31.0. The molecule has 0 saturated carbocycles. The highest BCUT2D eigenvalue weighted by atomic mass is 16.3. The second-order valence-corrected chi connectivity index (χ2v) is 14.3. The summed E-state index contributed by atoms with van der Waals surface area (Å²) in [5.41, 5.74) is 12.2. The van der Waals surface area contributed by atoms with E-state index in [9.17, 15) is 5.26 Å². The molecule has 0 saturated heterocycles. The van der Waals surface area contributed by atoms with E-state index in [2.05, 4.69) is 95.6 Å². The first-order chi connectivity index (χ1) is 28.7. The molecule has 0 bridgehead atoms. The van der Waals surface area contributed by atoms with E-state index >= 15 is 0 Å². The molecule has 0 radical (unpaired) electrons. The van der Waals surface area contributed by atoms with Crippen LogP contribution in [0.15, 0.2) is 192 Å². The second kappa shape index (κ2) is 13.6. The molecule has 0 spiro atoms. The maximum atomic E-state index is 9.47. The Morgan fingerprint density at radius 1 is 0.414 bits per heavy atom. The highest BCUT2D eigenvalue weighted by molar-refractivity contribution is 6.13. The van der Waals surface area contributed by atoms with Crippen LogP contribution in [0.1, 0.15) is 5.56 Å². The summed E-state index contributed by atoms with van der Waals surface area (Å²) in [5.74, 6) is 1.74. The molecule has 58 heavy (non-hydrogen) atoms. The lowest BCUT2D eigenvalue weighted by atomic mass is 9.96. The number of fused-ring (bicyclic) bond motifs is 6. The van der Waals surface area contributed by atoms with Crippen molar-refractivity contribution in [2.24, 2.45) is 0 Å². The van der Waals surface area contributed by atoms with Gasteiger partial charge in [0.2, 0.25) is 0 Å². The van der Waals surface area contributed by atoms with Gasteiger partial charge < -0.3 is 8.98 Å². The molecule has 6 nitrogen and oxygen atoms in total. The fraction of sp³-hybridized carbons (Fsp3) is 0. The van der Waals surface area contributed by atoms with E-state index in [4.69, 9.17) is 19.4 Å². The minimum absolute atomic E-state index is 0.558. The van der Waals surface area contributed by atoms with Gasteiger partial charge in [0, 0.05) is 38.2 Å². The van der Waals surface area contributed by atoms with Crippen molar-refractivity contribution in [2.75, 3.05) is 0 Å². The van der Waals surface area contributed by atoms with Crippen LogP contribution in [0.5, 0.6) is 0 Å². The van der Waals surface area contributed by atoms with Crippen molar-refractivity contribution in [3.8, 4) is 68.2 Å². The number of furan rings is 1. The van der Waals surface area contributed by atoms with Crippen molar-refractivity contribution in [2.45, 2.75) is 0 Å². The first kappa shape index (κ1) is 33.2. The smallest absolute Gasteiger partial charge is 0.166 e. The molecule has 0 atom stereocenters. The Balaban J connectivity index is 1.22. The zero-order chi connectivity index (χ0) is 38.6. The van der Waals surface area contributed by atoms with Gasteiger partial charge in [-0.2, -0.15) is 5.26 Å². The van der Waals surface area contributed by atoms with E-state index in [0.29, 0.717) is 23.0 Å². The Hall–Kier alpha value is -8.14. The van der Waals surface area contributed by atoms with Gasteiger partial charge in [-0.05, 0) is 70.8 Å². The van der Waals surface area contributed by atoms with Crippen LogP contribution < -0.4 is 0 Å². The molecular weight excluding hydrogens is 711 g/mol. The van der Waals surface area contributed by atoms with Crippen molar-refractivity contribution in [3.63, 3.8) is 0 Å². The lowest BCUT2D eigenvalue weighted by Crippen LogP contribution is -2.04. The molecule has 0 fully saturated rings. The number of aromatic nitrogens is 4. The average Bonchev–Trinajstić information content (AvgIpc) is 3.85. The first-order valence-electron chi connectivity index (χ1n) is 19.2. The molecular formula is C52H31N5O. The lowest BCUT2D eigenvalue weighted by Gasteiger charge is -2.17. The fourth-order valence-electron chi connectivity index (χ4n) is 8.17. The Labute approximate surface area is 333 Å². The summed E-state index contributed by atoms with van der Waals surface area (Å²) in [7, 11) is 0. The van der Waals surface area contributed by atoms with Gasteiger partial charge in [-0.25, -0.2) is 15.0 Å². The molecule has 0 aliphatic carbocycles. The minimum Gasteiger partial charge on any atom is -0.456 e. The van der Waals surface area contributed by atoms with Gasteiger partial charge in [0.15, 0.2) is 17.5 Å². The SMILES string of the molecule is N#Cc1ccc(-c2ccc3c4ccccc4n(-c4ccc(-c5cccc6oc7ccccc7c56)cc4-c4nc(-c5ccccc5)nc(-c5ccccc5)n4)c3c2)cc1. The molecule has 3 aromatic heterocycles. The van der Waals surface area contributed by atoms with Gasteiger partial charge in [0.05, 0.1) is 28.4 Å². The highest BCUT2D eigenvalue weighted by Gasteiger charge is 2.22. The third-order valence-corrected chi connectivity index (χ3v) is 10.9. The quantitative estimate of drug-likeness (QED) is 0.169. The zero-order valence-corrected chi connectivity index (χ0v) is 31.0. The normalized spacial score (nSPS) is 11.4. The van der Waals surface area contributed by atoms with Gasteiger partial charge >= 0.3 is 0 Å². The second-order valence-electron chi connectivity index (χ2n) is 14.3. The summed E-state index contributed by atoms with van der Waals surface area (Å²) in [6.45, 7) is 0. The highest BCUT2D eigenvalue weighted by Crippen LogP contribution is 2.42. The maximum absolute atomic E-state index is 9.47. The molecule has 11 rings (SSSR count). The Kier molecular flexibility index (Phi) is 7.76. The van der Waals surface area contributed by atoms with Crippen LogP contribution in [0.25, 0.3) is 106 Å². The number of rotatable bonds is 6. The Morgan fingerprint density at radius 2 is 1.02 bits per heavy atom. The van der Waals surface area contributed by atoms with Gasteiger partial charge in [-0.1, -0.05) is 140 Å². The van der Waals surface area contributed by atoms with Crippen molar-refractivity contribution in [1.29, 1.82) is 5.26 Å². The molecule has 0 aliphatic rings. The van der Waals surface area contributed by atoms with Gasteiger partial charge in [0.1, 0.15) is 11.2 Å². The summed E-state index contributed by atoms with van der Waals surface area (Å²) in [6.07, 6.45) is 0. The predicted octanol–water partition coefficient (Wildman–Crippen LogP) is 13.1. The van der Waals surface area contributed by atoms with E-state index in [1.54, 1.807) is 0 Å². The van der Waals surface area contributed by atoms with Crippen LogP contribution >= 0.6 is 0 Å². The van der Waals surface area contributed by atoms with Crippen LogP contribution in [0.3, 0.4) is 0 Å². The summed E-state index contributed by atoms with van der Waals surface area (Å²) < 4.78 is 8.68. The van der Waals surface area contributed by atoms with Crippen molar-refractivity contribution in [3.05, 3.63) is 194 Å². The number of benzene rings is 8. The molecule has 6 heteroatoms. The van der Waals surface area contributed by atoms with Gasteiger partial charge in [-0.15, -0.1) is 0 Å². The molecule has 11 aromatic rings. The van der Waals surface area contributed by atoms with Crippen LogP contribution in [0.2, 0.25) is 0 Å². The summed E-state index contributed by atoms with van der Waals surface area (Å²) in [6, 6.07) is 66.3. The third-order valence-electron chi connectivity index (χ3n) is 10.9. The van der Waals surface area contributed by atoms with Crippen molar-refractivity contribution in [1.82, 2.24) is 19.5 Å². The molecule has 8 aromatic carbocycles. The molecule has 270 valence electrons. The minimum atomic E-state index is 0.558. The predicted molar refractivity (Wildman–Crippen MR) is 233 cm³/mol. The molecule has 0 aliphatic heterocycles. The number of hydrogen-bond acceptors (Lipinski definition) is 5. The average molecular weight is 742 g/mol. The maximum Gasteiger partial charge on any atom is 0.166 e. The number of nitriles is 1. The summed E-state index contributed by atoms with van der Waals surface area (Å²) in [4.78, 5) is 15.6. The number of para-hydroxylation sites is 2. The van der Waals surface area contributed by atoms with E-state index in [-0.39, 0.29) is 0 Å². The van der Waals surface area contributed by atoms with Crippen LogP contribution in [-0.4, -0.2) is 19.5 Å². The standard InChI is InChI=1S/C52H31N5O/c53-32-33-22-24-34(25-23-33)37-26-28-41-40-16-7-9-19-44(40)57(46(41)31-37)45-29-27-38(39-18-11-21-48-49(39)42-17-8-10-20-47(42)58-48)30-43(45)52-55-50(35-12-3-1-4-13-35)54-51(56-52)36-14-5-2-6-15-36/h1-31H. The fourth-order valence-corrected chi connectivity index (χ4v) is 8.17. The van der Waals surface area contributed by atoms with E-state index in [1.807, 2.05) is 103 Å². The van der Waals surface area contributed by atoms with Crippen LogP contribution in [0.4, 0.5) is 0 Å². The summed E-state index contributed by atoms with van der Waals surface area (Å²) in [5, 5.41) is 13.9. The van der Waals surface area contributed by atoms with Crippen LogP contribution in [-0.2, 0) is 0 Å². The van der Waals surface area contributed by atoms with E-state index in [1.165, 1.54) is 0 Å². The Morgan fingerprint density at radius 3 is 1.76 bits per heavy atom. The molecule has 0 N–H and O–H groups in total. The lowest BCUT2D eigenvalue weighted by molar-refractivity contribution is 0.669.